The second kappa shape index (κ2) is 4.78. The summed E-state index contributed by atoms with van der Waals surface area (Å²) < 4.78 is 2.14. The summed E-state index contributed by atoms with van der Waals surface area (Å²) in [5.74, 6) is 1.72. The van der Waals surface area contributed by atoms with Crippen molar-refractivity contribution in [3.8, 4) is 0 Å². The maximum atomic E-state index is 4.67. The fourth-order valence-electron chi connectivity index (χ4n) is 2.65. The number of nitrogens with zero attached hydrogens (tertiary/aromatic N) is 2. The number of hydrogen-bond donors (Lipinski definition) is 1. The first-order valence-electron chi connectivity index (χ1n) is 6.48. The van der Waals surface area contributed by atoms with Gasteiger partial charge in [0.1, 0.15) is 0 Å². The minimum absolute atomic E-state index is 0.846. The molecule has 17 heavy (non-hydrogen) atoms. The molecule has 1 aliphatic carbocycles. The second-order valence-electron chi connectivity index (χ2n) is 4.93. The topological polar surface area (TPSA) is 29.3 Å². The van der Waals surface area contributed by atoms with Crippen LogP contribution < -0.4 is 5.32 Å². The highest BCUT2D eigenvalue weighted by Crippen LogP contribution is 2.36. The lowest BCUT2D eigenvalue weighted by Crippen LogP contribution is -2.36. The van der Waals surface area contributed by atoms with Crippen LogP contribution in [0.15, 0.2) is 17.8 Å². The largest absolute Gasteiger partial charge is 0.317 e. The fourth-order valence-corrected chi connectivity index (χ4v) is 3.37. The maximum absolute atomic E-state index is 4.67. The van der Waals surface area contributed by atoms with E-state index in [2.05, 4.69) is 39.4 Å². The first-order chi connectivity index (χ1) is 8.36. The number of fused-ring (bicyclic) bond motifs is 1. The van der Waals surface area contributed by atoms with Gasteiger partial charge in [-0.05, 0) is 44.2 Å². The van der Waals surface area contributed by atoms with E-state index in [1.807, 2.05) is 0 Å². The van der Waals surface area contributed by atoms with Crippen molar-refractivity contribution in [3.63, 3.8) is 0 Å². The Bertz CT molecular complexity index is 459. The zero-order valence-corrected chi connectivity index (χ0v) is 11.0. The lowest BCUT2D eigenvalue weighted by molar-refractivity contribution is 0.171. The highest BCUT2D eigenvalue weighted by molar-refractivity contribution is 7.15. The molecule has 2 unspecified atom stereocenters. The zero-order chi connectivity index (χ0) is 11.7. The van der Waals surface area contributed by atoms with Gasteiger partial charge in [0.25, 0.3) is 0 Å². The average molecular weight is 249 g/mol. The smallest absolute Gasteiger partial charge is 0.193 e. The molecule has 0 saturated heterocycles. The molecule has 0 aliphatic heterocycles. The highest BCUT2D eigenvalue weighted by Gasteiger charge is 2.30. The molecule has 2 atom stereocenters. The Morgan fingerprint density at radius 1 is 1.47 bits per heavy atom. The molecule has 0 radical (unpaired) electrons. The Labute approximate surface area is 106 Å². The van der Waals surface area contributed by atoms with Crippen LogP contribution in [0.4, 0.5) is 0 Å². The van der Waals surface area contributed by atoms with E-state index < -0.39 is 0 Å². The zero-order valence-electron chi connectivity index (χ0n) is 10.2. The van der Waals surface area contributed by atoms with Crippen molar-refractivity contribution < 1.29 is 0 Å². The monoisotopic (exact) mass is 249 g/mol. The Morgan fingerprint density at radius 2 is 2.35 bits per heavy atom. The summed E-state index contributed by atoms with van der Waals surface area (Å²) in [5.41, 5.74) is 1.27. The molecule has 1 N–H and O–H groups in total. The van der Waals surface area contributed by atoms with Crippen molar-refractivity contribution in [1.29, 1.82) is 0 Å². The van der Waals surface area contributed by atoms with E-state index in [1.54, 1.807) is 11.3 Å². The van der Waals surface area contributed by atoms with Crippen molar-refractivity contribution in [2.75, 3.05) is 13.1 Å². The van der Waals surface area contributed by atoms with Gasteiger partial charge >= 0.3 is 0 Å². The fraction of sp³-hybridized carbons (Fsp3) is 0.615. The minimum Gasteiger partial charge on any atom is -0.317 e. The van der Waals surface area contributed by atoms with Gasteiger partial charge in [-0.25, -0.2) is 4.98 Å². The maximum Gasteiger partial charge on any atom is 0.193 e. The molecule has 0 bridgehead atoms. The quantitative estimate of drug-likeness (QED) is 0.882. The van der Waals surface area contributed by atoms with Gasteiger partial charge < -0.3 is 5.32 Å². The molecule has 92 valence electrons. The van der Waals surface area contributed by atoms with Crippen LogP contribution in [0.2, 0.25) is 0 Å². The van der Waals surface area contributed by atoms with Crippen molar-refractivity contribution in [1.82, 2.24) is 14.7 Å². The van der Waals surface area contributed by atoms with E-state index in [9.17, 15) is 0 Å². The van der Waals surface area contributed by atoms with Crippen molar-refractivity contribution >= 4 is 16.3 Å². The first kappa shape index (κ1) is 11.2. The van der Waals surface area contributed by atoms with Gasteiger partial charge in [-0.15, -0.1) is 11.3 Å². The third-order valence-electron chi connectivity index (χ3n) is 3.85. The predicted octanol–water partition coefficient (Wildman–Crippen LogP) is 2.57. The van der Waals surface area contributed by atoms with Crippen LogP contribution in [0, 0.1) is 11.8 Å². The molecule has 2 heterocycles. The Balaban J connectivity index is 1.61. The molecule has 1 aliphatic rings. The number of nitrogens with one attached hydrogen (secondary N) is 1. The summed E-state index contributed by atoms with van der Waals surface area (Å²) in [4.78, 5) is 5.80. The molecule has 0 amide bonds. The van der Waals surface area contributed by atoms with E-state index >= 15 is 0 Å². The van der Waals surface area contributed by atoms with Crippen LogP contribution in [-0.2, 0) is 6.42 Å². The minimum atomic E-state index is 0.846. The van der Waals surface area contributed by atoms with Gasteiger partial charge in [-0.2, -0.15) is 0 Å². The lowest BCUT2D eigenvalue weighted by atomic mass is 9.71. The predicted molar refractivity (Wildman–Crippen MR) is 71.5 cm³/mol. The lowest BCUT2D eigenvalue weighted by Gasteiger charge is -2.36. The van der Waals surface area contributed by atoms with E-state index in [0.29, 0.717) is 0 Å². The van der Waals surface area contributed by atoms with Crippen molar-refractivity contribution in [3.05, 3.63) is 23.5 Å². The summed E-state index contributed by atoms with van der Waals surface area (Å²) in [6.07, 6.45) is 8.20. The molecule has 1 fully saturated rings. The van der Waals surface area contributed by atoms with Crippen LogP contribution in [0.3, 0.4) is 0 Å². The van der Waals surface area contributed by atoms with Crippen LogP contribution in [-0.4, -0.2) is 22.5 Å². The average Bonchev–Trinajstić information content (AvgIpc) is 2.85. The molecule has 4 heteroatoms. The van der Waals surface area contributed by atoms with E-state index in [1.165, 1.54) is 25.1 Å². The molecular weight excluding hydrogens is 230 g/mol. The molecule has 2 aromatic heterocycles. The summed E-state index contributed by atoms with van der Waals surface area (Å²) in [7, 11) is 0. The summed E-state index contributed by atoms with van der Waals surface area (Å²) in [6, 6.07) is 0. The van der Waals surface area contributed by atoms with Crippen LogP contribution in [0.25, 0.3) is 4.96 Å². The van der Waals surface area contributed by atoms with Crippen molar-refractivity contribution in [2.45, 2.75) is 26.2 Å². The normalized spacial score (nSPS) is 24.1. The molecule has 2 aromatic rings. The number of imidazole rings is 1. The van der Waals surface area contributed by atoms with Gasteiger partial charge in [-0.3, -0.25) is 4.40 Å². The van der Waals surface area contributed by atoms with Gasteiger partial charge in [0.05, 0.1) is 5.69 Å². The second-order valence-corrected chi connectivity index (χ2v) is 5.81. The van der Waals surface area contributed by atoms with Gasteiger partial charge in [0, 0.05) is 17.8 Å². The van der Waals surface area contributed by atoms with Crippen LogP contribution in [0.5, 0.6) is 0 Å². The third-order valence-corrected chi connectivity index (χ3v) is 4.62. The van der Waals surface area contributed by atoms with E-state index in [0.717, 1.165) is 29.8 Å². The molecule has 0 aromatic carbocycles. The number of aromatic nitrogens is 2. The van der Waals surface area contributed by atoms with Crippen LogP contribution >= 0.6 is 11.3 Å². The van der Waals surface area contributed by atoms with Gasteiger partial charge in [0.2, 0.25) is 0 Å². The molecule has 0 spiro atoms. The van der Waals surface area contributed by atoms with Gasteiger partial charge in [-0.1, -0.05) is 6.92 Å². The Morgan fingerprint density at radius 3 is 3.06 bits per heavy atom. The summed E-state index contributed by atoms with van der Waals surface area (Å²) in [5, 5.41) is 5.55. The van der Waals surface area contributed by atoms with Crippen molar-refractivity contribution in [2.24, 2.45) is 11.8 Å². The molecular formula is C13H19N3S. The number of rotatable bonds is 5. The molecule has 1 saturated carbocycles. The first-order valence-corrected chi connectivity index (χ1v) is 7.36. The molecule has 3 nitrogen and oxygen atoms in total. The Hall–Kier alpha value is -0.870. The highest BCUT2D eigenvalue weighted by atomic mass is 32.1. The number of thiazole rings is 1. The summed E-state index contributed by atoms with van der Waals surface area (Å²) in [6.45, 7) is 4.45. The standard InChI is InChI=1S/C13H19N3S/c1-2-14-8-11-4-3-10(11)7-12-9-16-5-6-17-13(16)15-12/h5-6,9-11,14H,2-4,7-8H2,1H3. The SMILES string of the molecule is CCNCC1CCC1Cc1cn2ccsc2n1. The van der Waals surface area contributed by atoms with Crippen LogP contribution in [0.1, 0.15) is 25.5 Å². The van der Waals surface area contributed by atoms with Gasteiger partial charge in [0.15, 0.2) is 4.96 Å². The molecule has 3 rings (SSSR count). The Kier molecular flexibility index (Phi) is 3.16. The third kappa shape index (κ3) is 2.24. The number of hydrogen-bond acceptors (Lipinski definition) is 3. The van der Waals surface area contributed by atoms with E-state index in [-0.39, 0.29) is 0 Å². The summed E-state index contributed by atoms with van der Waals surface area (Å²) >= 11 is 1.72. The van der Waals surface area contributed by atoms with E-state index in [4.69, 9.17) is 0 Å².